The van der Waals surface area contributed by atoms with E-state index in [9.17, 15) is 8.78 Å². The monoisotopic (exact) mass is 257 g/mol. The molecule has 1 heterocycles. The maximum absolute atomic E-state index is 12.7. The molecule has 102 valence electrons. The van der Waals surface area contributed by atoms with Gasteiger partial charge in [0.05, 0.1) is 13.2 Å². The third kappa shape index (κ3) is 3.67. The molecule has 1 aliphatic rings. The van der Waals surface area contributed by atoms with Crippen LogP contribution >= 0.6 is 0 Å². The molecule has 0 saturated carbocycles. The number of benzene rings is 1. The van der Waals surface area contributed by atoms with Crippen LogP contribution in [0.15, 0.2) is 18.2 Å². The molecule has 0 N–H and O–H groups in total. The zero-order chi connectivity index (χ0) is 13.5. The van der Waals surface area contributed by atoms with E-state index < -0.39 is 6.43 Å². The van der Waals surface area contributed by atoms with Crippen molar-refractivity contribution in [2.75, 3.05) is 31.2 Å². The molecule has 2 rings (SSSR count). The topological polar surface area (TPSA) is 12.5 Å². The van der Waals surface area contributed by atoms with Crippen molar-refractivity contribution in [1.29, 1.82) is 0 Å². The van der Waals surface area contributed by atoms with Crippen LogP contribution in [0.25, 0.3) is 0 Å². The maximum Gasteiger partial charge on any atom is 0.264 e. The predicted molar refractivity (Wildman–Crippen MR) is 70.5 cm³/mol. The summed E-state index contributed by atoms with van der Waals surface area (Å²) in [7, 11) is 0. The maximum atomic E-state index is 12.7. The lowest BCUT2D eigenvalue weighted by Gasteiger charge is -2.29. The number of rotatable bonds is 2. The summed E-state index contributed by atoms with van der Waals surface area (Å²) in [6.07, 6.45) is -2.40. The summed E-state index contributed by atoms with van der Waals surface area (Å²) in [5.41, 5.74) is 1.64. The highest BCUT2D eigenvalue weighted by atomic mass is 19.3. The predicted octanol–water partition coefficient (Wildman–Crippen LogP) is 3.80. The van der Waals surface area contributed by atoms with Gasteiger partial charge in [0.25, 0.3) is 6.43 Å². The van der Waals surface area contributed by atoms with Crippen LogP contribution in [0.5, 0.6) is 0 Å². The van der Waals surface area contributed by atoms with E-state index in [1.807, 2.05) is 19.9 Å². The number of hydrogen-bond acceptors (Lipinski definition) is 2. The molecular weight excluding hydrogens is 236 g/mol. The van der Waals surface area contributed by atoms with Gasteiger partial charge in [0.1, 0.15) is 0 Å². The fourth-order valence-corrected chi connectivity index (χ4v) is 1.88. The third-order valence-electron chi connectivity index (χ3n) is 2.87. The first-order chi connectivity index (χ1) is 8.68. The quantitative estimate of drug-likeness (QED) is 0.799. The molecule has 0 spiro atoms. The Bertz CT molecular complexity index is 363. The molecule has 0 bridgehead atoms. The van der Waals surface area contributed by atoms with Gasteiger partial charge >= 0.3 is 0 Å². The van der Waals surface area contributed by atoms with E-state index in [0.29, 0.717) is 18.8 Å². The Morgan fingerprint density at radius 3 is 2.33 bits per heavy atom. The van der Waals surface area contributed by atoms with Gasteiger partial charge in [0.15, 0.2) is 0 Å². The lowest BCUT2D eigenvalue weighted by molar-refractivity contribution is 0.122. The van der Waals surface area contributed by atoms with Crippen molar-refractivity contribution in [3.05, 3.63) is 29.3 Å². The number of aryl methyl sites for hydroxylation is 1. The van der Waals surface area contributed by atoms with Gasteiger partial charge in [0.2, 0.25) is 0 Å². The van der Waals surface area contributed by atoms with Crippen LogP contribution in [0.1, 0.15) is 31.4 Å². The van der Waals surface area contributed by atoms with E-state index in [2.05, 4.69) is 4.90 Å². The SMILES string of the molecule is CC.Cc1ccc(N2CCOCC2)cc1C(F)F. The van der Waals surface area contributed by atoms with Gasteiger partial charge in [0, 0.05) is 24.3 Å². The largest absolute Gasteiger partial charge is 0.378 e. The summed E-state index contributed by atoms with van der Waals surface area (Å²) in [6.45, 7) is 8.58. The van der Waals surface area contributed by atoms with Crippen molar-refractivity contribution in [2.45, 2.75) is 27.2 Å². The van der Waals surface area contributed by atoms with Gasteiger partial charge in [-0.1, -0.05) is 19.9 Å². The second kappa shape index (κ2) is 7.31. The van der Waals surface area contributed by atoms with Crippen LogP contribution in [0.2, 0.25) is 0 Å². The zero-order valence-corrected chi connectivity index (χ0v) is 11.2. The number of morpholine rings is 1. The third-order valence-corrected chi connectivity index (χ3v) is 2.87. The van der Waals surface area contributed by atoms with Crippen LogP contribution in [0.3, 0.4) is 0 Å². The van der Waals surface area contributed by atoms with Crippen LogP contribution in [0, 0.1) is 6.92 Å². The van der Waals surface area contributed by atoms with Crippen molar-refractivity contribution in [1.82, 2.24) is 0 Å². The Balaban J connectivity index is 0.000000771. The molecule has 1 aromatic carbocycles. The van der Waals surface area contributed by atoms with Crippen LogP contribution in [-0.2, 0) is 4.74 Å². The molecule has 0 radical (unpaired) electrons. The van der Waals surface area contributed by atoms with Crippen LogP contribution < -0.4 is 4.90 Å². The summed E-state index contributed by atoms with van der Waals surface area (Å²) >= 11 is 0. The number of nitrogens with zero attached hydrogens (tertiary/aromatic N) is 1. The molecule has 0 aromatic heterocycles. The second-order valence-electron chi connectivity index (χ2n) is 3.94. The standard InChI is InChI=1S/C12H15F2NO.C2H6/c1-9-2-3-10(8-11(9)12(13)14)15-4-6-16-7-5-15;1-2/h2-3,8,12H,4-7H2,1H3;1-2H3. The van der Waals surface area contributed by atoms with Gasteiger partial charge in [-0.15, -0.1) is 0 Å². The van der Waals surface area contributed by atoms with Gasteiger partial charge in [-0.2, -0.15) is 0 Å². The summed E-state index contributed by atoms with van der Waals surface area (Å²) < 4.78 is 30.7. The van der Waals surface area contributed by atoms with Gasteiger partial charge in [-0.05, 0) is 24.6 Å². The lowest BCUT2D eigenvalue weighted by atomic mass is 10.1. The van der Waals surface area contributed by atoms with Crippen molar-refractivity contribution in [3.8, 4) is 0 Å². The van der Waals surface area contributed by atoms with E-state index in [1.54, 1.807) is 19.1 Å². The minimum absolute atomic E-state index is 0.129. The summed E-state index contributed by atoms with van der Waals surface area (Å²) in [4.78, 5) is 2.08. The molecule has 0 atom stereocenters. The Labute approximate surface area is 108 Å². The second-order valence-corrected chi connectivity index (χ2v) is 3.94. The first-order valence-electron chi connectivity index (χ1n) is 6.40. The average Bonchev–Trinajstić information content (AvgIpc) is 2.42. The summed E-state index contributed by atoms with van der Waals surface area (Å²) in [6, 6.07) is 5.24. The van der Waals surface area contributed by atoms with E-state index in [1.165, 1.54) is 0 Å². The van der Waals surface area contributed by atoms with Crippen molar-refractivity contribution < 1.29 is 13.5 Å². The molecule has 18 heavy (non-hydrogen) atoms. The number of halogens is 2. The van der Waals surface area contributed by atoms with Gasteiger partial charge in [-0.25, -0.2) is 8.78 Å². The molecule has 0 amide bonds. The van der Waals surface area contributed by atoms with Crippen LogP contribution in [0.4, 0.5) is 14.5 Å². The van der Waals surface area contributed by atoms with Crippen molar-refractivity contribution in [3.63, 3.8) is 0 Å². The minimum Gasteiger partial charge on any atom is -0.378 e. The van der Waals surface area contributed by atoms with Gasteiger partial charge < -0.3 is 9.64 Å². The van der Waals surface area contributed by atoms with Crippen molar-refractivity contribution in [2.24, 2.45) is 0 Å². The van der Waals surface area contributed by atoms with E-state index in [0.717, 1.165) is 18.8 Å². The first kappa shape index (κ1) is 14.9. The van der Waals surface area contributed by atoms with E-state index >= 15 is 0 Å². The highest BCUT2D eigenvalue weighted by Gasteiger charge is 2.15. The Morgan fingerprint density at radius 2 is 1.78 bits per heavy atom. The molecule has 1 fully saturated rings. The Hall–Kier alpha value is -1.16. The van der Waals surface area contributed by atoms with Crippen LogP contribution in [-0.4, -0.2) is 26.3 Å². The molecular formula is C14H21F2NO. The lowest BCUT2D eigenvalue weighted by Crippen LogP contribution is -2.36. The van der Waals surface area contributed by atoms with Crippen molar-refractivity contribution >= 4 is 5.69 Å². The van der Waals surface area contributed by atoms with E-state index in [4.69, 9.17) is 4.74 Å². The molecule has 1 aromatic rings. The molecule has 4 heteroatoms. The first-order valence-corrected chi connectivity index (χ1v) is 6.40. The summed E-state index contributed by atoms with van der Waals surface area (Å²) in [5, 5.41) is 0. The van der Waals surface area contributed by atoms with E-state index in [-0.39, 0.29) is 5.56 Å². The minimum atomic E-state index is -2.40. The summed E-state index contributed by atoms with van der Waals surface area (Å²) in [5.74, 6) is 0. The van der Waals surface area contributed by atoms with Gasteiger partial charge in [-0.3, -0.25) is 0 Å². The molecule has 0 unspecified atom stereocenters. The number of anilines is 1. The number of ether oxygens (including phenoxy) is 1. The molecule has 1 saturated heterocycles. The molecule has 2 nitrogen and oxygen atoms in total. The molecule has 1 aliphatic heterocycles. The Kier molecular flexibility index (Phi) is 6.05. The normalized spacial score (nSPS) is 15.3. The fraction of sp³-hybridized carbons (Fsp3) is 0.571. The smallest absolute Gasteiger partial charge is 0.264 e. The Morgan fingerprint density at radius 1 is 1.17 bits per heavy atom. The molecule has 0 aliphatic carbocycles. The average molecular weight is 257 g/mol. The number of alkyl halides is 2. The highest BCUT2D eigenvalue weighted by Crippen LogP contribution is 2.27. The zero-order valence-electron chi connectivity index (χ0n) is 11.2. The number of hydrogen-bond donors (Lipinski definition) is 0. The fourth-order valence-electron chi connectivity index (χ4n) is 1.88. The highest BCUT2D eigenvalue weighted by molar-refractivity contribution is 5.51.